The summed E-state index contributed by atoms with van der Waals surface area (Å²) >= 11 is 7.60. The van der Waals surface area contributed by atoms with Crippen LogP contribution in [0.4, 0.5) is 5.69 Å². The Hall–Kier alpha value is -1.25. The number of piperidine rings is 1. The predicted octanol–water partition coefficient (Wildman–Crippen LogP) is 2.42. The van der Waals surface area contributed by atoms with E-state index in [4.69, 9.17) is 28.1 Å². The first-order valence-electron chi connectivity index (χ1n) is 9.12. The molecule has 4 rings (SSSR count). The van der Waals surface area contributed by atoms with Crippen molar-refractivity contribution in [3.05, 3.63) is 40.0 Å². The Morgan fingerprint density at radius 2 is 1.81 bits per heavy atom. The van der Waals surface area contributed by atoms with Gasteiger partial charge in [-0.05, 0) is 50.2 Å². The van der Waals surface area contributed by atoms with Gasteiger partial charge in [-0.2, -0.15) is 0 Å². The van der Waals surface area contributed by atoms with Gasteiger partial charge in [0.2, 0.25) is 0 Å². The molecular formula is C18H25ClN6S. The Morgan fingerprint density at radius 3 is 2.54 bits per heavy atom. The average Bonchev–Trinajstić information content (AvgIpc) is 2.98. The Kier molecular flexibility index (Phi) is 5.42. The minimum Gasteiger partial charge on any atom is -0.330 e. The third-order valence-corrected chi connectivity index (χ3v) is 6.58. The van der Waals surface area contributed by atoms with E-state index in [1.54, 1.807) is 18.1 Å². The number of benzene rings is 1. The summed E-state index contributed by atoms with van der Waals surface area (Å²) in [6.45, 7) is 4.29. The maximum absolute atomic E-state index is 6.53. The van der Waals surface area contributed by atoms with Gasteiger partial charge in [0.1, 0.15) is 17.5 Å². The molecular weight excluding hydrogens is 368 g/mol. The molecule has 3 aliphatic heterocycles. The second kappa shape index (κ2) is 7.78. The van der Waals surface area contributed by atoms with E-state index in [0.717, 1.165) is 29.5 Å². The third kappa shape index (κ3) is 3.59. The van der Waals surface area contributed by atoms with Crippen molar-refractivity contribution in [1.29, 1.82) is 0 Å². The van der Waals surface area contributed by atoms with Crippen LogP contribution in [0, 0.1) is 0 Å². The lowest BCUT2D eigenvalue weighted by Gasteiger charge is -2.32. The summed E-state index contributed by atoms with van der Waals surface area (Å²) in [4.78, 5) is 12.4. The fourth-order valence-electron chi connectivity index (χ4n) is 3.67. The van der Waals surface area contributed by atoms with Crippen molar-refractivity contribution in [1.82, 2.24) is 9.80 Å². The second-order valence-electron chi connectivity index (χ2n) is 6.87. The number of hydrogen-bond donors (Lipinski definition) is 2. The maximum Gasteiger partial charge on any atom is 0.145 e. The first-order valence-corrected chi connectivity index (χ1v) is 10.4. The van der Waals surface area contributed by atoms with Crippen LogP contribution >= 0.6 is 23.4 Å². The summed E-state index contributed by atoms with van der Waals surface area (Å²) in [6.07, 6.45) is 5.48. The van der Waals surface area contributed by atoms with Gasteiger partial charge in [0.25, 0.3) is 0 Å². The monoisotopic (exact) mass is 392 g/mol. The lowest BCUT2D eigenvalue weighted by atomic mass is 10.1. The number of halogens is 1. The Labute approximate surface area is 163 Å². The van der Waals surface area contributed by atoms with Crippen molar-refractivity contribution in [3.8, 4) is 0 Å². The van der Waals surface area contributed by atoms with Gasteiger partial charge in [-0.1, -0.05) is 29.8 Å². The molecule has 1 fully saturated rings. The molecule has 4 N–H and O–H groups in total. The maximum atomic E-state index is 6.53. The van der Waals surface area contributed by atoms with Crippen molar-refractivity contribution < 1.29 is 0 Å². The highest BCUT2D eigenvalue weighted by Crippen LogP contribution is 2.40. The molecule has 3 aliphatic rings. The van der Waals surface area contributed by atoms with E-state index in [2.05, 4.69) is 9.80 Å². The average molecular weight is 393 g/mol. The zero-order valence-corrected chi connectivity index (χ0v) is 16.3. The van der Waals surface area contributed by atoms with Gasteiger partial charge in [-0.15, -0.1) is 0 Å². The molecule has 0 aliphatic carbocycles. The minimum absolute atomic E-state index is 0.127. The standard InChI is InChI=1S/C18H25ClN6S/c19-13-4-6-14(7-5-13)25-12-22-17-15(16(25)20)26-18(21)24(17)11-10-23-8-2-1-3-9-23/h4-7,12,16,18H,1-3,8-11,20-21H2. The summed E-state index contributed by atoms with van der Waals surface area (Å²) in [5, 5.41) is 0.706. The van der Waals surface area contributed by atoms with Crippen LogP contribution in [-0.2, 0) is 0 Å². The molecule has 140 valence electrons. The molecule has 0 spiro atoms. The van der Waals surface area contributed by atoms with Gasteiger partial charge >= 0.3 is 0 Å². The predicted molar refractivity (Wildman–Crippen MR) is 110 cm³/mol. The molecule has 26 heavy (non-hydrogen) atoms. The van der Waals surface area contributed by atoms with Crippen molar-refractivity contribution in [2.75, 3.05) is 31.1 Å². The topological polar surface area (TPSA) is 74.1 Å². The third-order valence-electron chi connectivity index (χ3n) is 5.15. The van der Waals surface area contributed by atoms with Crippen LogP contribution in [0.25, 0.3) is 0 Å². The summed E-state index contributed by atoms with van der Waals surface area (Å²) in [6, 6.07) is 7.63. The molecule has 0 radical (unpaired) electrons. The summed E-state index contributed by atoms with van der Waals surface area (Å²) in [5.74, 6) is 0.928. The lowest BCUT2D eigenvalue weighted by molar-refractivity contribution is 0.196. The number of anilines is 1. The molecule has 2 atom stereocenters. The van der Waals surface area contributed by atoms with Gasteiger partial charge in [0, 0.05) is 23.8 Å². The zero-order chi connectivity index (χ0) is 18.1. The number of aliphatic imine (C=N–C) groups is 1. The van der Waals surface area contributed by atoms with Crippen LogP contribution in [0.2, 0.25) is 5.02 Å². The number of nitrogens with zero attached hydrogens (tertiary/aromatic N) is 4. The fourth-order valence-corrected chi connectivity index (χ4v) is 4.92. The molecule has 3 heterocycles. The van der Waals surface area contributed by atoms with E-state index in [1.807, 2.05) is 29.2 Å². The Balaban J connectivity index is 1.46. The van der Waals surface area contributed by atoms with Crippen LogP contribution < -0.4 is 16.4 Å². The van der Waals surface area contributed by atoms with Crippen LogP contribution in [0.3, 0.4) is 0 Å². The molecule has 1 aromatic rings. The summed E-state index contributed by atoms with van der Waals surface area (Å²) in [7, 11) is 0. The van der Waals surface area contributed by atoms with Crippen LogP contribution in [0.5, 0.6) is 0 Å². The molecule has 0 aromatic heterocycles. The number of rotatable bonds is 4. The molecule has 1 aromatic carbocycles. The van der Waals surface area contributed by atoms with Gasteiger partial charge < -0.3 is 26.2 Å². The van der Waals surface area contributed by atoms with Crippen molar-refractivity contribution in [2.24, 2.45) is 16.5 Å². The van der Waals surface area contributed by atoms with Gasteiger partial charge in [0.05, 0.1) is 11.2 Å². The summed E-state index contributed by atoms with van der Waals surface area (Å²) < 4.78 is 0. The second-order valence-corrected chi connectivity index (χ2v) is 8.46. The van der Waals surface area contributed by atoms with Crippen LogP contribution in [0.1, 0.15) is 19.3 Å². The quantitative estimate of drug-likeness (QED) is 0.819. The first-order chi connectivity index (χ1) is 12.6. The summed E-state index contributed by atoms with van der Waals surface area (Å²) in [5.41, 5.74) is 13.8. The lowest BCUT2D eigenvalue weighted by Crippen LogP contribution is -2.45. The highest BCUT2D eigenvalue weighted by molar-refractivity contribution is 8.03. The number of hydrogen-bond acceptors (Lipinski definition) is 7. The van der Waals surface area contributed by atoms with E-state index in [-0.39, 0.29) is 11.7 Å². The molecule has 1 saturated heterocycles. The highest BCUT2D eigenvalue weighted by Gasteiger charge is 2.37. The minimum atomic E-state index is -0.278. The molecule has 6 nitrogen and oxygen atoms in total. The van der Waals surface area contributed by atoms with E-state index >= 15 is 0 Å². The fraction of sp³-hybridized carbons (Fsp3) is 0.500. The van der Waals surface area contributed by atoms with Gasteiger partial charge in [0.15, 0.2) is 0 Å². The van der Waals surface area contributed by atoms with Gasteiger partial charge in [-0.25, -0.2) is 4.99 Å². The van der Waals surface area contributed by atoms with Crippen molar-refractivity contribution >= 4 is 35.4 Å². The van der Waals surface area contributed by atoms with Crippen molar-refractivity contribution in [3.63, 3.8) is 0 Å². The molecule has 2 unspecified atom stereocenters. The smallest absolute Gasteiger partial charge is 0.145 e. The van der Waals surface area contributed by atoms with Crippen molar-refractivity contribution in [2.45, 2.75) is 30.9 Å². The largest absolute Gasteiger partial charge is 0.330 e. The Bertz CT molecular complexity index is 700. The normalized spacial score (nSPS) is 26.6. The SMILES string of the molecule is NC1SC2=C(N=CN(c3ccc(Cl)cc3)C2N)N1CCN1CCCCC1. The van der Waals surface area contributed by atoms with E-state index in [0.29, 0.717) is 5.02 Å². The van der Waals surface area contributed by atoms with Crippen LogP contribution in [-0.4, -0.2) is 54.0 Å². The molecule has 0 saturated carbocycles. The molecule has 0 bridgehead atoms. The highest BCUT2D eigenvalue weighted by atomic mass is 35.5. The number of thioether (sulfide) groups is 1. The number of likely N-dealkylation sites (tertiary alicyclic amines) is 1. The molecule has 8 heteroatoms. The Morgan fingerprint density at radius 1 is 1.08 bits per heavy atom. The molecule has 0 amide bonds. The van der Waals surface area contributed by atoms with E-state index in [9.17, 15) is 0 Å². The first kappa shape index (κ1) is 18.1. The zero-order valence-electron chi connectivity index (χ0n) is 14.7. The van der Waals surface area contributed by atoms with Gasteiger partial charge in [-0.3, -0.25) is 0 Å². The van der Waals surface area contributed by atoms with E-state index in [1.165, 1.54) is 32.4 Å². The van der Waals surface area contributed by atoms with E-state index < -0.39 is 0 Å². The number of nitrogens with two attached hydrogens (primary N) is 2. The van der Waals surface area contributed by atoms with Crippen LogP contribution in [0.15, 0.2) is 40.0 Å².